The molecule has 0 fully saturated rings. The molecule has 1 aromatic carbocycles. The molecule has 0 aliphatic heterocycles. The summed E-state index contributed by atoms with van der Waals surface area (Å²) in [5.41, 5.74) is 0.540. The Balaban J connectivity index is 2.28. The third-order valence-corrected chi connectivity index (χ3v) is 3.71. The van der Waals surface area contributed by atoms with E-state index in [1.807, 2.05) is 30.3 Å². The van der Waals surface area contributed by atoms with E-state index in [-0.39, 0.29) is 6.42 Å². The Kier molecular flexibility index (Phi) is 5.00. The highest BCUT2D eigenvalue weighted by Crippen LogP contribution is 2.32. The lowest BCUT2D eigenvalue weighted by Gasteiger charge is -2.19. The number of amides is 1. The van der Waals surface area contributed by atoms with Gasteiger partial charge in [-0.2, -0.15) is 0 Å². The molecule has 2 rings (SSSR count). The molecule has 0 aliphatic carbocycles. The summed E-state index contributed by atoms with van der Waals surface area (Å²) in [5, 5.41) is 12.6. The number of carboxylic acids is 1. The zero-order chi connectivity index (χ0) is 17.0. The van der Waals surface area contributed by atoms with Crippen LogP contribution in [0.2, 0.25) is 0 Å². The maximum absolute atomic E-state index is 11.9. The Morgan fingerprint density at radius 3 is 2.48 bits per heavy atom. The standard InChI is InChI=1S/C16H18N2O4S/c1-16(2,3)22-15(21)18-14-11(9-12(19)20)17-13(23-14)10-7-5-4-6-8-10/h4-8H,9H2,1-3H3,(H,18,21)(H,19,20). The second kappa shape index (κ2) is 6.78. The molecule has 2 N–H and O–H groups in total. The molecule has 0 unspecified atom stereocenters. The average molecular weight is 334 g/mol. The number of benzene rings is 1. The number of aromatic nitrogens is 1. The Morgan fingerprint density at radius 2 is 1.91 bits per heavy atom. The predicted molar refractivity (Wildman–Crippen MR) is 88.7 cm³/mol. The topological polar surface area (TPSA) is 88.5 Å². The summed E-state index contributed by atoms with van der Waals surface area (Å²) in [6, 6.07) is 9.37. The van der Waals surface area contributed by atoms with Crippen LogP contribution >= 0.6 is 11.3 Å². The molecule has 0 bridgehead atoms. The molecule has 0 aliphatic rings. The van der Waals surface area contributed by atoms with E-state index in [9.17, 15) is 9.59 Å². The van der Waals surface area contributed by atoms with Crippen molar-refractivity contribution in [1.82, 2.24) is 4.98 Å². The molecule has 1 amide bonds. The molecular formula is C16H18N2O4S. The fourth-order valence-electron chi connectivity index (χ4n) is 1.81. The summed E-state index contributed by atoms with van der Waals surface area (Å²) < 4.78 is 5.20. The van der Waals surface area contributed by atoms with Gasteiger partial charge in [0.1, 0.15) is 15.6 Å². The van der Waals surface area contributed by atoms with Gasteiger partial charge in [0.2, 0.25) is 0 Å². The number of hydrogen-bond acceptors (Lipinski definition) is 5. The number of carbonyl (C=O) groups excluding carboxylic acids is 1. The van der Waals surface area contributed by atoms with Gasteiger partial charge in [-0.3, -0.25) is 10.1 Å². The maximum atomic E-state index is 11.9. The largest absolute Gasteiger partial charge is 0.481 e. The molecule has 0 saturated carbocycles. The normalized spacial score (nSPS) is 11.1. The molecule has 2 aromatic rings. The van der Waals surface area contributed by atoms with Gasteiger partial charge in [0.15, 0.2) is 0 Å². The number of rotatable bonds is 4. The van der Waals surface area contributed by atoms with Gasteiger partial charge in [-0.1, -0.05) is 41.7 Å². The number of nitrogens with zero attached hydrogens (tertiary/aromatic N) is 1. The van der Waals surface area contributed by atoms with Gasteiger partial charge in [-0.15, -0.1) is 0 Å². The molecule has 122 valence electrons. The summed E-state index contributed by atoms with van der Waals surface area (Å²) in [4.78, 5) is 27.2. The van der Waals surface area contributed by atoms with Crippen LogP contribution in [0.1, 0.15) is 26.5 Å². The highest BCUT2D eigenvalue weighted by molar-refractivity contribution is 7.19. The average Bonchev–Trinajstić information content (AvgIpc) is 2.79. The van der Waals surface area contributed by atoms with E-state index in [1.54, 1.807) is 20.8 Å². The summed E-state index contributed by atoms with van der Waals surface area (Å²) in [6.07, 6.45) is -0.901. The Morgan fingerprint density at radius 1 is 1.26 bits per heavy atom. The van der Waals surface area contributed by atoms with Crippen LogP contribution in [0.4, 0.5) is 9.80 Å². The number of nitrogens with one attached hydrogen (secondary N) is 1. The Bertz CT molecular complexity index is 705. The fourth-order valence-corrected chi connectivity index (χ4v) is 2.79. The van der Waals surface area contributed by atoms with Crippen molar-refractivity contribution in [2.45, 2.75) is 32.8 Å². The van der Waals surface area contributed by atoms with E-state index in [0.717, 1.165) is 5.56 Å². The van der Waals surface area contributed by atoms with Crippen molar-refractivity contribution < 1.29 is 19.4 Å². The molecule has 1 aromatic heterocycles. The van der Waals surface area contributed by atoms with Gasteiger partial charge in [0.25, 0.3) is 0 Å². The maximum Gasteiger partial charge on any atom is 0.412 e. The first-order valence-corrected chi connectivity index (χ1v) is 7.83. The molecule has 0 saturated heterocycles. The highest BCUT2D eigenvalue weighted by atomic mass is 32.1. The SMILES string of the molecule is CC(C)(C)OC(=O)Nc1sc(-c2ccccc2)nc1CC(=O)O. The van der Waals surface area contributed by atoms with E-state index < -0.39 is 17.7 Å². The minimum atomic E-state index is -1.01. The van der Waals surface area contributed by atoms with Gasteiger partial charge >= 0.3 is 12.1 Å². The molecule has 1 heterocycles. The van der Waals surface area contributed by atoms with Crippen LogP contribution in [-0.2, 0) is 16.0 Å². The van der Waals surface area contributed by atoms with Gasteiger partial charge in [0, 0.05) is 5.56 Å². The van der Waals surface area contributed by atoms with E-state index >= 15 is 0 Å². The van der Waals surface area contributed by atoms with Crippen LogP contribution in [0, 0.1) is 0 Å². The highest BCUT2D eigenvalue weighted by Gasteiger charge is 2.21. The number of aliphatic carboxylic acids is 1. The molecular weight excluding hydrogens is 316 g/mol. The molecule has 0 spiro atoms. The zero-order valence-corrected chi connectivity index (χ0v) is 13.9. The van der Waals surface area contributed by atoms with Crippen LogP contribution in [0.25, 0.3) is 10.6 Å². The molecule has 6 nitrogen and oxygen atoms in total. The summed E-state index contributed by atoms with van der Waals surface area (Å²) in [5.74, 6) is -1.01. The van der Waals surface area contributed by atoms with Crippen molar-refractivity contribution in [3.63, 3.8) is 0 Å². The summed E-state index contributed by atoms with van der Waals surface area (Å²) >= 11 is 1.22. The van der Waals surface area contributed by atoms with Gasteiger partial charge < -0.3 is 9.84 Å². The quantitative estimate of drug-likeness (QED) is 0.888. The van der Waals surface area contributed by atoms with Crippen molar-refractivity contribution in [2.75, 3.05) is 5.32 Å². The van der Waals surface area contributed by atoms with E-state index in [4.69, 9.17) is 9.84 Å². The number of anilines is 1. The smallest absolute Gasteiger partial charge is 0.412 e. The van der Waals surface area contributed by atoms with Crippen LogP contribution in [-0.4, -0.2) is 27.8 Å². The zero-order valence-electron chi connectivity index (χ0n) is 13.1. The van der Waals surface area contributed by atoms with Crippen LogP contribution in [0.15, 0.2) is 30.3 Å². The van der Waals surface area contributed by atoms with Crippen LogP contribution in [0.5, 0.6) is 0 Å². The van der Waals surface area contributed by atoms with E-state index in [2.05, 4.69) is 10.3 Å². The van der Waals surface area contributed by atoms with Crippen molar-refractivity contribution in [3.05, 3.63) is 36.0 Å². The van der Waals surface area contributed by atoms with Crippen LogP contribution < -0.4 is 5.32 Å². The Hall–Kier alpha value is -2.41. The Labute approximate surface area is 138 Å². The van der Waals surface area contributed by atoms with Crippen molar-refractivity contribution in [2.24, 2.45) is 0 Å². The van der Waals surface area contributed by atoms with E-state index in [0.29, 0.717) is 15.7 Å². The minimum absolute atomic E-state index is 0.269. The summed E-state index contributed by atoms with van der Waals surface area (Å²) in [6.45, 7) is 5.27. The lowest BCUT2D eigenvalue weighted by molar-refractivity contribution is -0.136. The predicted octanol–water partition coefficient (Wildman–Crippen LogP) is 3.78. The third-order valence-electron chi connectivity index (χ3n) is 2.65. The second-order valence-corrected chi connectivity index (χ2v) is 6.86. The summed E-state index contributed by atoms with van der Waals surface area (Å²) in [7, 11) is 0. The molecule has 0 radical (unpaired) electrons. The number of carboxylic acid groups (broad SMARTS) is 1. The van der Waals surface area contributed by atoms with Crippen molar-refractivity contribution in [1.29, 1.82) is 0 Å². The molecule has 23 heavy (non-hydrogen) atoms. The fraction of sp³-hybridized carbons (Fsp3) is 0.312. The van der Waals surface area contributed by atoms with Gasteiger partial charge in [-0.05, 0) is 20.8 Å². The first-order chi connectivity index (χ1) is 10.7. The second-order valence-electron chi connectivity index (χ2n) is 5.86. The van der Waals surface area contributed by atoms with Crippen molar-refractivity contribution >= 4 is 28.4 Å². The van der Waals surface area contributed by atoms with Crippen molar-refractivity contribution in [3.8, 4) is 10.6 Å². The number of ether oxygens (including phenoxy) is 1. The number of carbonyl (C=O) groups is 2. The minimum Gasteiger partial charge on any atom is -0.481 e. The molecule has 0 atom stereocenters. The number of thiazole rings is 1. The van der Waals surface area contributed by atoms with E-state index in [1.165, 1.54) is 11.3 Å². The molecule has 7 heteroatoms. The third kappa shape index (κ3) is 5.07. The lowest BCUT2D eigenvalue weighted by Crippen LogP contribution is -2.27. The lowest BCUT2D eigenvalue weighted by atomic mass is 10.2. The van der Waals surface area contributed by atoms with Gasteiger partial charge in [-0.25, -0.2) is 9.78 Å². The monoisotopic (exact) mass is 334 g/mol. The first kappa shape index (κ1) is 17.0. The van der Waals surface area contributed by atoms with Crippen LogP contribution in [0.3, 0.4) is 0 Å². The van der Waals surface area contributed by atoms with Gasteiger partial charge in [0.05, 0.1) is 12.1 Å². The first-order valence-electron chi connectivity index (χ1n) is 7.01. The number of hydrogen-bond donors (Lipinski definition) is 2.